The van der Waals surface area contributed by atoms with E-state index >= 15 is 0 Å². The van der Waals surface area contributed by atoms with Crippen LogP contribution in [0.2, 0.25) is 0 Å². The van der Waals surface area contributed by atoms with Crippen molar-refractivity contribution in [1.29, 1.82) is 0 Å². The summed E-state index contributed by atoms with van der Waals surface area (Å²) in [4.78, 5) is 29.7. The summed E-state index contributed by atoms with van der Waals surface area (Å²) in [5.74, 6) is -0.593. The SMILES string of the molecule is CCCCCCCCCCCCCCCCCC(=O)C(OP(=O)(O)O)C(O)CO. The highest BCUT2D eigenvalue weighted by Gasteiger charge is 2.33. The molecular formula is C21H43O7P. The lowest BCUT2D eigenvalue weighted by Gasteiger charge is -2.20. The number of phosphoric acid groups is 1. The largest absolute Gasteiger partial charge is 0.470 e. The third-order valence-corrected chi connectivity index (χ3v) is 5.63. The van der Waals surface area contributed by atoms with Crippen LogP contribution in [0.25, 0.3) is 0 Å². The summed E-state index contributed by atoms with van der Waals surface area (Å²) in [6.07, 6.45) is 14.8. The van der Waals surface area contributed by atoms with Crippen molar-refractivity contribution in [2.45, 2.75) is 122 Å². The van der Waals surface area contributed by atoms with Crippen molar-refractivity contribution >= 4 is 13.6 Å². The first-order valence-corrected chi connectivity index (χ1v) is 12.9. The van der Waals surface area contributed by atoms with Crippen molar-refractivity contribution in [2.24, 2.45) is 0 Å². The van der Waals surface area contributed by atoms with Gasteiger partial charge in [-0.2, -0.15) is 0 Å². The smallest absolute Gasteiger partial charge is 0.394 e. The topological polar surface area (TPSA) is 124 Å². The fourth-order valence-corrected chi connectivity index (χ4v) is 3.95. The van der Waals surface area contributed by atoms with E-state index in [2.05, 4.69) is 11.4 Å². The van der Waals surface area contributed by atoms with Crippen molar-refractivity contribution in [1.82, 2.24) is 0 Å². The van der Waals surface area contributed by atoms with Crippen molar-refractivity contribution in [3.8, 4) is 0 Å². The number of rotatable bonds is 21. The highest BCUT2D eigenvalue weighted by Crippen LogP contribution is 2.38. The summed E-state index contributed by atoms with van der Waals surface area (Å²) >= 11 is 0. The second-order valence-electron chi connectivity index (χ2n) is 7.93. The van der Waals surface area contributed by atoms with Crippen LogP contribution in [0.3, 0.4) is 0 Å². The van der Waals surface area contributed by atoms with Gasteiger partial charge in [-0.05, 0) is 6.42 Å². The van der Waals surface area contributed by atoms with Crippen LogP contribution in [0.1, 0.15) is 110 Å². The molecule has 7 nitrogen and oxygen atoms in total. The highest BCUT2D eigenvalue weighted by molar-refractivity contribution is 7.46. The normalized spacial score (nSPS) is 14.1. The number of phosphoric ester groups is 1. The van der Waals surface area contributed by atoms with E-state index in [1.165, 1.54) is 70.6 Å². The van der Waals surface area contributed by atoms with Gasteiger partial charge in [0.15, 0.2) is 11.9 Å². The molecule has 0 aliphatic carbocycles. The Morgan fingerprint density at radius 2 is 1.17 bits per heavy atom. The fourth-order valence-electron chi connectivity index (χ4n) is 3.40. The molecule has 0 aliphatic heterocycles. The number of carbonyl (C=O) groups excluding carboxylic acids is 1. The Morgan fingerprint density at radius 3 is 1.52 bits per heavy atom. The van der Waals surface area contributed by atoms with Gasteiger partial charge in [0.1, 0.15) is 6.10 Å². The van der Waals surface area contributed by atoms with Crippen LogP contribution in [0.5, 0.6) is 0 Å². The second-order valence-corrected chi connectivity index (χ2v) is 9.12. The first kappa shape index (κ1) is 28.7. The Hall–Kier alpha value is -0.300. The van der Waals surface area contributed by atoms with Crippen LogP contribution in [-0.2, 0) is 13.9 Å². The second kappa shape index (κ2) is 18.5. The molecule has 0 fully saturated rings. The monoisotopic (exact) mass is 438 g/mol. The molecule has 0 amide bonds. The van der Waals surface area contributed by atoms with E-state index in [0.717, 1.165) is 19.3 Å². The number of aliphatic hydroxyl groups excluding tert-OH is 2. The molecule has 2 unspecified atom stereocenters. The molecule has 0 rings (SSSR count). The predicted octanol–water partition coefficient (Wildman–Crippen LogP) is 4.65. The van der Waals surface area contributed by atoms with E-state index in [1.54, 1.807) is 0 Å². The molecular weight excluding hydrogens is 395 g/mol. The van der Waals surface area contributed by atoms with Crippen molar-refractivity contribution in [2.75, 3.05) is 6.61 Å². The number of unbranched alkanes of at least 4 members (excludes halogenated alkanes) is 14. The van der Waals surface area contributed by atoms with E-state index in [1.807, 2.05) is 0 Å². The summed E-state index contributed by atoms with van der Waals surface area (Å²) in [5.41, 5.74) is 0. The molecule has 29 heavy (non-hydrogen) atoms. The molecule has 4 N–H and O–H groups in total. The predicted molar refractivity (Wildman–Crippen MR) is 115 cm³/mol. The number of ketones is 1. The quantitative estimate of drug-likeness (QED) is 0.152. The molecule has 2 atom stereocenters. The molecule has 0 heterocycles. The molecule has 8 heteroatoms. The average Bonchev–Trinajstić information content (AvgIpc) is 2.67. The van der Waals surface area contributed by atoms with Gasteiger partial charge in [0.05, 0.1) is 6.61 Å². The van der Waals surface area contributed by atoms with Crippen molar-refractivity contribution < 1.29 is 33.9 Å². The third kappa shape index (κ3) is 18.2. The molecule has 0 bridgehead atoms. The zero-order valence-corrected chi connectivity index (χ0v) is 19.0. The van der Waals surface area contributed by atoms with Gasteiger partial charge in [0, 0.05) is 6.42 Å². The molecule has 0 aliphatic rings. The zero-order valence-electron chi connectivity index (χ0n) is 18.1. The number of hydrogen-bond donors (Lipinski definition) is 4. The van der Waals surface area contributed by atoms with Crippen LogP contribution < -0.4 is 0 Å². The van der Waals surface area contributed by atoms with Gasteiger partial charge in [-0.15, -0.1) is 0 Å². The lowest BCUT2D eigenvalue weighted by Crippen LogP contribution is -2.38. The van der Waals surface area contributed by atoms with E-state index in [4.69, 9.17) is 14.9 Å². The number of aliphatic hydroxyl groups is 2. The van der Waals surface area contributed by atoms with Gasteiger partial charge in [0.2, 0.25) is 0 Å². The number of hydrogen-bond acceptors (Lipinski definition) is 5. The molecule has 0 aromatic carbocycles. The maximum atomic E-state index is 12.0. The Kier molecular flexibility index (Phi) is 18.3. The first-order valence-electron chi connectivity index (χ1n) is 11.4. The Labute approximate surface area is 176 Å². The average molecular weight is 439 g/mol. The molecule has 0 spiro atoms. The number of Topliss-reactive ketones (excluding diaryl/α,β-unsaturated/α-hetero) is 1. The summed E-state index contributed by atoms with van der Waals surface area (Å²) in [7, 11) is -4.91. The minimum atomic E-state index is -4.91. The highest BCUT2D eigenvalue weighted by atomic mass is 31.2. The minimum absolute atomic E-state index is 0.0694. The molecule has 0 saturated heterocycles. The van der Waals surface area contributed by atoms with Crippen LogP contribution >= 0.6 is 7.82 Å². The van der Waals surface area contributed by atoms with Gasteiger partial charge in [0.25, 0.3) is 0 Å². The summed E-state index contributed by atoms with van der Waals surface area (Å²) in [6.45, 7) is 1.44. The Bertz CT molecular complexity index is 439. The van der Waals surface area contributed by atoms with Crippen LogP contribution in [0.15, 0.2) is 0 Å². The van der Waals surface area contributed by atoms with Crippen molar-refractivity contribution in [3.63, 3.8) is 0 Å². The molecule has 0 aromatic heterocycles. The maximum absolute atomic E-state index is 12.0. The van der Waals surface area contributed by atoms with E-state index < -0.39 is 32.4 Å². The molecule has 0 aromatic rings. The lowest BCUT2D eigenvalue weighted by molar-refractivity contribution is -0.133. The van der Waals surface area contributed by atoms with Crippen LogP contribution in [-0.4, -0.2) is 44.6 Å². The fraction of sp³-hybridized carbons (Fsp3) is 0.952. The minimum Gasteiger partial charge on any atom is -0.394 e. The summed E-state index contributed by atoms with van der Waals surface area (Å²) < 4.78 is 15.2. The molecule has 0 saturated carbocycles. The van der Waals surface area contributed by atoms with E-state index in [-0.39, 0.29) is 6.42 Å². The van der Waals surface area contributed by atoms with Crippen LogP contribution in [0, 0.1) is 0 Å². The van der Waals surface area contributed by atoms with E-state index in [9.17, 15) is 14.5 Å². The zero-order chi connectivity index (χ0) is 22.0. The molecule has 0 radical (unpaired) electrons. The van der Waals surface area contributed by atoms with Gasteiger partial charge < -0.3 is 20.0 Å². The maximum Gasteiger partial charge on any atom is 0.470 e. The number of carbonyl (C=O) groups is 1. The van der Waals surface area contributed by atoms with Gasteiger partial charge >= 0.3 is 7.82 Å². The Morgan fingerprint density at radius 1 is 0.793 bits per heavy atom. The van der Waals surface area contributed by atoms with Crippen LogP contribution in [0.4, 0.5) is 0 Å². The Balaban J connectivity index is 3.61. The van der Waals surface area contributed by atoms with Gasteiger partial charge in [-0.3, -0.25) is 9.32 Å². The summed E-state index contributed by atoms with van der Waals surface area (Å²) in [5, 5.41) is 18.5. The summed E-state index contributed by atoms with van der Waals surface area (Å²) in [6, 6.07) is 0. The lowest BCUT2D eigenvalue weighted by atomic mass is 10.0. The third-order valence-electron chi connectivity index (χ3n) is 5.13. The first-order chi connectivity index (χ1) is 13.8. The van der Waals surface area contributed by atoms with Gasteiger partial charge in [-0.25, -0.2) is 4.57 Å². The van der Waals surface area contributed by atoms with E-state index in [0.29, 0.717) is 6.42 Å². The standard InChI is InChI=1S/C21H43O7P/c1-2-3-4-5-6-7-8-9-10-11-12-13-14-15-16-17-19(23)21(20(24)18-22)28-29(25,26)27/h20-22,24H,2-18H2,1H3,(H2,25,26,27). The van der Waals surface area contributed by atoms with Crippen molar-refractivity contribution in [3.05, 3.63) is 0 Å². The van der Waals surface area contributed by atoms with Gasteiger partial charge in [-0.1, -0.05) is 96.8 Å². The molecule has 174 valence electrons.